The maximum atomic E-state index is 9.61. The highest BCUT2D eigenvalue weighted by Crippen LogP contribution is 2.16. The Morgan fingerprint density at radius 3 is 2.50 bits per heavy atom. The molecule has 0 spiro atoms. The Kier molecular flexibility index (Phi) is 6.55. The first-order valence-corrected chi connectivity index (χ1v) is 8.82. The monoisotopic (exact) mass is 318 g/mol. The molecule has 1 aromatic carbocycles. The number of hydrogen-bond donors (Lipinski definition) is 1. The molecule has 1 unspecified atom stereocenters. The lowest BCUT2D eigenvalue weighted by Crippen LogP contribution is -2.36. The molecule has 0 fully saturated rings. The Morgan fingerprint density at radius 2 is 1.86 bits per heavy atom. The molecule has 3 nitrogen and oxygen atoms in total. The molecule has 0 amide bonds. The summed E-state index contributed by atoms with van der Waals surface area (Å²) >= 11 is 1.74. The maximum Gasteiger partial charge on any atom is 0.0932 e. The SMILES string of the molecule is CC(O)CN(Cc1csc(CCc2ccccc2)n1)C(C)C. The van der Waals surface area contributed by atoms with Crippen LogP contribution in [0.3, 0.4) is 0 Å². The van der Waals surface area contributed by atoms with E-state index in [1.807, 2.05) is 13.0 Å². The molecule has 0 radical (unpaired) electrons. The van der Waals surface area contributed by atoms with Crippen LogP contribution in [0.15, 0.2) is 35.7 Å². The molecular weight excluding hydrogens is 292 g/mol. The van der Waals surface area contributed by atoms with E-state index in [4.69, 9.17) is 4.98 Å². The van der Waals surface area contributed by atoms with Gasteiger partial charge in [0, 0.05) is 30.9 Å². The second kappa shape index (κ2) is 8.42. The minimum atomic E-state index is -0.307. The fourth-order valence-electron chi connectivity index (χ4n) is 2.44. The number of rotatable bonds is 8. The molecule has 1 heterocycles. The van der Waals surface area contributed by atoms with Crippen molar-refractivity contribution in [3.05, 3.63) is 52.0 Å². The quantitative estimate of drug-likeness (QED) is 0.809. The second-order valence-corrected chi connectivity index (χ2v) is 7.03. The topological polar surface area (TPSA) is 36.4 Å². The van der Waals surface area contributed by atoms with Crippen LogP contribution in [0, 0.1) is 0 Å². The van der Waals surface area contributed by atoms with E-state index in [0.29, 0.717) is 12.6 Å². The first kappa shape index (κ1) is 17.1. The van der Waals surface area contributed by atoms with Gasteiger partial charge in [-0.3, -0.25) is 4.90 Å². The van der Waals surface area contributed by atoms with Gasteiger partial charge < -0.3 is 5.11 Å². The molecule has 0 bridgehead atoms. The Morgan fingerprint density at radius 1 is 1.14 bits per heavy atom. The zero-order valence-corrected chi connectivity index (χ0v) is 14.5. The minimum Gasteiger partial charge on any atom is -0.392 e. The lowest BCUT2D eigenvalue weighted by molar-refractivity contribution is 0.102. The van der Waals surface area contributed by atoms with Crippen LogP contribution in [-0.2, 0) is 19.4 Å². The van der Waals surface area contributed by atoms with Gasteiger partial charge in [-0.15, -0.1) is 11.3 Å². The highest BCUT2D eigenvalue weighted by molar-refractivity contribution is 7.09. The first-order chi connectivity index (χ1) is 10.5. The van der Waals surface area contributed by atoms with Gasteiger partial charge in [0.05, 0.1) is 16.8 Å². The maximum absolute atomic E-state index is 9.61. The van der Waals surface area contributed by atoms with Crippen LogP contribution in [0.4, 0.5) is 0 Å². The zero-order valence-electron chi connectivity index (χ0n) is 13.7. The van der Waals surface area contributed by atoms with E-state index in [1.54, 1.807) is 11.3 Å². The molecule has 1 N–H and O–H groups in total. The molecule has 2 aromatic rings. The van der Waals surface area contributed by atoms with Crippen LogP contribution in [0.1, 0.15) is 37.0 Å². The van der Waals surface area contributed by atoms with Crippen molar-refractivity contribution in [1.29, 1.82) is 0 Å². The normalized spacial score (nSPS) is 13.0. The molecule has 0 saturated heterocycles. The lowest BCUT2D eigenvalue weighted by Gasteiger charge is -2.26. The Balaban J connectivity index is 1.90. The van der Waals surface area contributed by atoms with Crippen molar-refractivity contribution < 1.29 is 5.11 Å². The van der Waals surface area contributed by atoms with Crippen LogP contribution in [-0.4, -0.2) is 33.7 Å². The predicted molar refractivity (Wildman–Crippen MR) is 93.2 cm³/mol. The molecular formula is C18H26N2OS. The first-order valence-electron chi connectivity index (χ1n) is 7.94. The molecule has 0 aliphatic carbocycles. The predicted octanol–water partition coefficient (Wildman–Crippen LogP) is 3.52. The van der Waals surface area contributed by atoms with E-state index in [1.165, 1.54) is 10.6 Å². The summed E-state index contributed by atoms with van der Waals surface area (Å²) in [5, 5.41) is 13.0. The van der Waals surface area contributed by atoms with E-state index >= 15 is 0 Å². The summed E-state index contributed by atoms with van der Waals surface area (Å²) in [4.78, 5) is 7.01. The Labute approximate surface area is 137 Å². The van der Waals surface area contributed by atoms with Crippen molar-refractivity contribution in [3.63, 3.8) is 0 Å². The van der Waals surface area contributed by atoms with E-state index in [2.05, 4.69) is 48.4 Å². The van der Waals surface area contributed by atoms with E-state index < -0.39 is 0 Å². The minimum absolute atomic E-state index is 0.307. The molecule has 1 atom stereocenters. The molecule has 2 rings (SSSR count). The van der Waals surface area contributed by atoms with Crippen molar-refractivity contribution in [1.82, 2.24) is 9.88 Å². The van der Waals surface area contributed by atoms with Gasteiger partial charge >= 0.3 is 0 Å². The lowest BCUT2D eigenvalue weighted by atomic mass is 10.1. The average Bonchev–Trinajstić information content (AvgIpc) is 2.92. The summed E-state index contributed by atoms with van der Waals surface area (Å²) < 4.78 is 0. The summed E-state index contributed by atoms with van der Waals surface area (Å²) in [5.41, 5.74) is 2.47. The highest BCUT2D eigenvalue weighted by atomic mass is 32.1. The molecule has 0 aliphatic rings. The highest BCUT2D eigenvalue weighted by Gasteiger charge is 2.14. The van der Waals surface area contributed by atoms with Crippen LogP contribution < -0.4 is 0 Å². The third-order valence-electron chi connectivity index (χ3n) is 3.66. The van der Waals surface area contributed by atoms with E-state index in [9.17, 15) is 5.11 Å². The van der Waals surface area contributed by atoms with Gasteiger partial charge in [0.2, 0.25) is 0 Å². The Hall–Kier alpha value is -1.23. The van der Waals surface area contributed by atoms with Crippen molar-refractivity contribution in [2.24, 2.45) is 0 Å². The standard InChI is InChI=1S/C18H26N2OS/c1-14(2)20(11-15(3)21)12-17-13-22-18(19-17)10-9-16-7-5-4-6-8-16/h4-8,13-15,21H,9-12H2,1-3H3. The van der Waals surface area contributed by atoms with E-state index in [0.717, 1.165) is 25.1 Å². The zero-order chi connectivity index (χ0) is 15.9. The van der Waals surface area contributed by atoms with Gasteiger partial charge in [-0.05, 0) is 32.8 Å². The molecule has 1 aromatic heterocycles. The van der Waals surface area contributed by atoms with Crippen LogP contribution in [0.2, 0.25) is 0 Å². The summed E-state index contributed by atoms with van der Waals surface area (Å²) in [6.45, 7) is 7.65. The Bertz CT molecular complexity index is 551. The number of hydrogen-bond acceptors (Lipinski definition) is 4. The van der Waals surface area contributed by atoms with Crippen molar-refractivity contribution >= 4 is 11.3 Å². The molecule has 0 aliphatic heterocycles. The fraction of sp³-hybridized carbons (Fsp3) is 0.500. The number of thiazole rings is 1. The van der Waals surface area contributed by atoms with Gasteiger partial charge in [-0.25, -0.2) is 4.98 Å². The fourth-order valence-corrected chi connectivity index (χ4v) is 3.23. The van der Waals surface area contributed by atoms with E-state index in [-0.39, 0.29) is 6.10 Å². The largest absolute Gasteiger partial charge is 0.392 e. The number of benzene rings is 1. The molecule has 0 saturated carbocycles. The van der Waals surface area contributed by atoms with Crippen LogP contribution in [0.5, 0.6) is 0 Å². The summed E-state index contributed by atoms with van der Waals surface area (Å²) in [6.07, 6.45) is 1.72. The van der Waals surface area contributed by atoms with Gasteiger partial charge in [-0.1, -0.05) is 30.3 Å². The van der Waals surface area contributed by atoms with Crippen LogP contribution >= 0.6 is 11.3 Å². The molecule has 120 valence electrons. The molecule has 22 heavy (non-hydrogen) atoms. The number of aryl methyl sites for hydroxylation is 2. The third kappa shape index (κ3) is 5.52. The number of aliphatic hydroxyl groups is 1. The van der Waals surface area contributed by atoms with Gasteiger partial charge in [0.25, 0.3) is 0 Å². The van der Waals surface area contributed by atoms with Crippen molar-refractivity contribution in [2.75, 3.05) is 6.54 Å². The number of aliphatic hydroxyl groups excluding tert-OH is 1. The van der Waals surface area contributed by atoms with Gasteiger partial charge in [-0.2, -0.15) is 0 Å². The number of nitrogens with zero attached hydrogens (tertiary/aromatic N) is 2. The van der Waals surface area contributed by atoms with Crippen LogP contribution in [0.25, 0.3) is 0 Å². The number of aromatic nitrogens is 1. The van der Waals surface area contributed by atoms with Gasteiger partial charge in [0.15, 0.2) is 0 Å². The summed E-state index contributed by atoms with van der Waals surface area (Å²) in [5.74, 6) is 0. The average molecular weight is 318 g/mol. The van der Waals surface area contributed by atoms with Gasteiger partial charge in [0.1, 0.15) is 0 Å². The summed E-state index contributed by atoms with van der Waals surface area (Å²) in [6, 6.07) is 10.9. The van der Waals surface area contributed by atoms with Crippen molar-refractivity contribution in [2.45, 2.75) is 52.3 Å². The second-order valence-electron chi connectivity index (χ2n) is 6.09. The molecule has 4 heteroatoms. The smallest absolute Gasteiger partial charge is 0.0932 e. The van der Waals surface area contributed by atoms with Crippen molar-refractivity contribution in [3.8, 4) is 0 Å². The third-order valence-corrected chi connectivity index (χ3v) is 4.62. The summed E-state index contributed by atoms with van der Waals surface area (Å²) in [7, 11) is 0.